The van der Waals surface area contributed by atoms with Crippen molar-refractivity contribution in [2.45, 2.75) is 51.9 Å². The van der Waals surface area contributed by atoms with Crippen LogP contribution in [0.25, 0.3) is 10.9 Å². The van der Waals surface area contributed by atoms with Gasteiger partial charge in [0.2, 0.25) is 5.91 Å². The molecule has 4 rings (SSSR count). The standard InChI is InChI=1S/C28H31ClN2O/c1-19(2)7-16-25(28(32)31-23-14-12-22(29)13-15-23)21-10-8-20(9-11-21)24-17-18-30-27-6-4-3-5-26(24)27/h3-7,12-15,17-18,20-21,25H,8-11,16H2,1-2H3,(H,31,32)/t20-,21+,25?. The number of para-hydroxylation sites is 1. The van der Waals surface area contributed by atoms with Gasteiger partial charge in [0.05, 0.1) is 5.52 Å². The lowest BCUT2D eigenvalue weighted by molar-refractivity contribution is -0.121. The number of nitrogens with one attached hydrogen (secondary N) is 1. The van der Waals surface area contributed by atoms with Gasteiger partial charge in [-0.3, -0.25) is 9.78 Å². The maximum absolute atomic E-state index is 13.3. The van der Waals surface area contributed by atoms with E-state index in [0.29, 0.717) is 16.9 Å². The highest BCUT2D eigenvalue weighted by Crippen LogP contribution is 2.41. The number of hydrogen-bond acceptors (Lipinski definition) is 2. The normalized spacial score (nSPS) is 19.3. The molecule has 0 radical (unpaired) electrons. The van der Waals surface area contributed by atoms with Crippen molar-refractivity contribution >= 4 is 34.1 Å². The third-order valence-corrected chi connectivity index (χ3v) is 6.94. The molecule has 3 nitrogen and oxygen atoms in total. The summed E-state index contributed by atoms with van der Waals surface area (Å²) < 4.78 is 0. The number of aromatic nitrogens is 1. The molecule has 1 heterocycles. The van der Waals surface area contributed by atoms with Crippen molar-refractivity contribution in [1.82, 2.24) is 4.98 Å². The van der Waals surface area contributed by atoms with Crippen molar-refractivity contribution in [2.24, 2.45) is 11.8 Å². The van der Waals surface area contributed by atoms with Gasteiger partial charge in [-0.05, 0) is 99.7 Å². The number of benzene rings is 2. The number of carbonyl (C=O) groups is 1. The molecule has 1 aliphatic carbocycles. The molecule has 1 fully saturated rings. The summed E-state index contributed by atoms with van der Waals surface area (Å²) >= 11 is 5.99. The highest BCUT2D eigenvalue weighted by atomic mass is 35.5. The summed E-state index contributed by atoms with van der Waals surface area (Å²) in [5.41, 5.74) is 4.53. The maximum atomic E-state index is 13.3. The van der Waals surface area contributed by atoms with E-state index in [1.54, 1.807) is 0 Å². The fourth-order valence-corrected chi connectivity index (χ4v) is 5.08. The second-order valence-electron chi connectivity index (χ2n) is 9.15. The van der Waals surface area contributed by atoms with Gasteiger partial charge < -0.3 is 5.32 Å². The Labute approximate surface area is 195 Å². The molecule has 1 aliphatic rings. The number of anilines is 1. The van der Waals surface area contributed by atoms with Crippen molar-refractivity contribution in [3.8, 4) is 0 Å². The minimum Gasteiger partial charge on any atom is -0.326 e. The van der Waals surface area contributed by atoms with Gasteiger partial charge in [-0.25, -0.2) is 0 Å². The van der Waals surface area contributed by atoms with Crippen LogP contribution in [0.3, 0.4) is 0 Å². The molecular weight excluding hydrogens is 416 g/mol. The molecule has 0 spiro atoms. The van der Waals surface area contributed by atoms with Crippen molar-refractivity contribution in [1.29, 1.82) is 0 Å². The average Bonchev–Trinajstić information content (AvgIpc) is 2.80. The van der Waals surface area contributed by atoms with Gasteiger partial charge in [-0.2, -0.15) is 0 Å². The van der Waals surface area contributed by atoms with E-state index in [-0.39, 0.29) is 11.8 Å². The van der Waals surface area contributed by atoms with E-state index in [0.717, 1.165) is 43.3 Å². The smallest absolute Gasteiger partial charge is 0.228 e. The Balaban J connectivity index is 1.47. The largest absolute Gasteiger partial charge is 0.326 e. The molecule has 0 aliphatic heterocycles. The van der Waals surface area contributed by atoms with Crippen LogP contribution < -0.4 is 5.32 Å². The minimum atomic E-state index is -0.0179. The van der Waals surface area contributed by atoms with Gasteiger partial charge >= 0.3 is 0 Å². The molecule has 4 heteroatoms. The lowest BCUT2D eigenvalue weighted by Crippen LogP contribution is -2.31. The van der Waals surface area contributed by atoms with Crippen LogP contribution in [0.15, 0.2) is 72.4 Å². The van der Waals surface area contributed by atoms with Crippen molar-refractivity contribution < 1.29 is 4.79 Å². The molecule has 3 aromatic rings. The Hall–Kier alpha value is -2.65. The van der Waals surface area contributed by atoms with Gasteiger partial charge in [-0.1, -0.05) is 41.4 Å². The molecule has 1 aromatic heterocycles. The summed E-state index contributed by atoms with van der Waals surface area (Å²) in [4.78, 5) is 17.8. The number of halogens is 1. The van der Waals surface area contributed by atoms with Gasteiger partial charge in [-0.15, -0.1) is 0 Å². The van der Waals surface area contributed by atoms with Gasteiger partial charge in [0.15, 0.2) is 0 Å². The summed E-state index contributed by atoms with van der Waals surface area (Å²) in [5, 5.41) is 5.06. The first-order chi connectivity index (χ1) is 15.5. The fourth-order valence-electron chi connectivity index (χ4n) is 4.95. The third-order valence-electron chi connectivity index (χ3n) is 6.69. The predicted molar refractivity (Wildman–Crippen MR) is 134 cm³/mol. The highest BCUT2D eigenvalue weighted by Gasteiger charge is 2.32. The van der Waals surface area contributed by atoms with Gasteiger partial charge in [0.25, 0.3) is 0 Å². The van der Waals surface area contributed by atoms with Crippen LogP contribution in [-0.4, -0.2) is 10.9 Å². The van der Waals surface area contributed by atoms with Crippen molar-refractivity contribution in [3.63, 3.8) is 0 Å². The second kappa shape index (κ2) is 10.3. The van der Waals surface area contributed by atoms with Gasteiger partial charge in [0.1, 0.15) is 0 Å². The molecule has 1 atom stereocenters. The number of nitrogens with zero attached hydrogens (tertiary/aromatic N) is 1. The van der Waals surface area contributed by atoms with E-state index in [4.69, 9.17) is 11.6 Å². The van der Waals surface area contributed by atoms with Crippen LogP contribution in [0.1, 0.15) is 57.4 Å². The minimum absolute atomic E-state index is 0.0179. The molecule has 166 valence electrons. The maximum Gasteiger partial charge on any atom is 0.228 e. The fraction of sp³-hybridized carbons (Fsp3) is 0.357. The summed E-state index contributed by atoms with van der Waals surface area (Å²) in [5.74, 6) is 1.02. The van der Waals surface area contributed by atoms with E-state index in [1.165, 1.54) is 16.5 Å². The molecule has 1 amide bonds. The predicted octanol–water partition coefficient (Wildman–Crippen LogP) is 7.77. The highest BCUT2D eigenvalue weighted by molar-refractivity contribution is 6.30. The number of allylic oxidation sites excluding steroid dienone is 2. The lowest BCUT2D eigenvalue weighted by atomic mass is 9.72. The van der Waals surface area contributed by atoms with Crippen molar-refractivity contribution in [3.05, 3.63) is 83.0 Å². The van der Waals surface area contributed by atoms with E-state index in [2.05, 4.69) is 54.5 Å². The molecular formula is C28H31ClN2O. The van der Waals surface area contributed by atoms with Crippen LogP contribution in [0.2, 0.25) is 5.02 Å². The van der Waals surface area contributed by atoms with Gasteiger partial charge in [0, 0.05) is 28.2 Å². The Bertz CT molecular complexity index is 1090. The molecule has 32 heavy (non-hydrogen) atoms. The quantitative estimate of drug-likeness (QED) is 0.393. The zero-order valence-corrected chi connectivity index (χ0v) is 19.6. The number of pyridine rings is 1. The Kier molecular flexibility index (Phi) is 7.26. The number of carbonyl (C=O) groups excluding carboxylic acids is 1. The van der Waals surface area contributed by atoms with Crippen LogP contribution in [0.4, 0.5) is 5.69 Å². The molecule has 0 bridgehead atoms. The Morgan fingerprint density at radius 2 is 1.78 bits per heavy atom. The zero-order valence-electron chi connectivity index (χ0n) is 18.9. The lowest BCUT2D eigenvalue weighted by Gasteiger charge is -2.33. The molecule has 1 N–H and O–H groups in total. The monoisotopic (exact) mass is 446 g/mol. The SMILES string of the molecule is CC(C)=CCC(C(=O)Nc1ccc(Cl)cc1)[C@H]1CC[C@@H](c2ccnc3ccccc32)CC1. The average molecular weight is 447 g/mol. The third kappa shape index (κ3) is 5.39. The van der Waals surface area contributed by atoms with E-state index in [1.807, 2.05) is 36.5 Å². The zero-order chi connectivity index (χ0) is 22.5. The first-order valence-corrected chi connectivity index (χ1v) is 11.9. The summed E-state index contributed by atoms with van der Waals surface area (Å²) in [6.45, 7) is 4.19. The number of rotatable bonds is 6. The number of fused-ring (bicyclic) bond motifs is 1. The summed E-state index contributed by atoms with van der Waals surface area (Å²) in [6, 6.07) is 17.9. The molecule has 2 aromatic carbocycles. The number of amides is 1. The van der Waals surface area contributed by atoms with Crippen LogP contribution in [0.5, 0.6) is 0 Å². The van der Waals surface area contributed by atoms with E-state index < -0.39 is 0 Å². The van der Waals surface area contributed by atoms with E-state index in [9.17, 15) is 4.79 Å². The molecule has 1 saturated carbocycles. The van der Waals surface area contributed by atoms with E-state index >= 15 is 0 Å². The summed E-state index contributed by atoms with van der Waals surface area (Å²) in [6.07, 6.45) is 9.27. The van der Waals surface area contributed by atoms with Crippen LogP contribution in [-0.2, 0) is 4.79 Å². The number of hydrogen-bond donors (Lipinski definition) is 1. The van der Waals surface area contributed by atoms with Crippen LogP contribution in [0, 0.1) is 11.8 Å². The molecule has 0 saturated heterocycles. The second-order valence-corrected chi connectivity index (χ2v) is 9.59. The first kappa shape index (κ1) is 22.5. The topological polar surface area (TPSA) is 42.0 Å². The summed E-state index contributed by atoms with van der Waals surface area (Å²) in [7, 11) is 0. The Morgan fingerprint density at radius 3 is 2.50 bits per heavy atom. The molecule has 1 unspecified atom stereocenters. The Morgan fingerprint density at radius 1 is 1.06 bits per heavy atom. The first-order valence-electron chi connectivity index (χ1n) is 11.5. The van der Waals surface area contributed by atoms with Crippen LogP contribution >= 0.6 is 11.6 Å². The van der Waals surface area contributed by atoms with Crippen molar-refractivity contribution in [2.75, 3.05) is 5.32 Å².